The minimum absolute atomic E-state index is 0.0797. The van der Waals surface area contributed by atoms with Crippen LogP contribution in [0.2, 0.25) is 0 Å². The van der Waals surface area contributed by atoms with Crippen LogP contribution in [0.15, 0.2) is 267 Å². The monoisotopic (exact) mass is 1250 g/mol. The molecule has 6 heteroatoms. The molecular formula is C92H66N6. The summed E-state index contributed by atoms with van der Waals surface area (Å²) in [5, 5.41) is 8.59. The molecule has 98 heavy (non-hydrogen) atoms. The second kappa shape index (κ2) is 20.3. The van der Waals surface area contributed by atoms with Crippen LogP contribution in [-0.4, -0.2) is 28.2 Å². The SMILES string of the molecule is CC1(C)c2ccccc2-c2ccc(-n3c4c(c5ccccc53)C=C(c3ccc5c(c3)c3ccccc3n5-c3nc5c(c(-c6cccc(-n7c8ccccc8c8cc(-c9ccc%10c(c9)c9ccccc9n%10-c9ccc%10c(c9)C(C)(C)c9ccccc9-%10)ccc87)c6)n3)CCC=C5)CC4)cc21. The molecule has 0 saturated carbocycles. The van der Waals surface area contributed by atoms with E-state index >= 15 is 0 Å². The van der Waals surface area contributed by atoms with E-state index in [0.29, 0.717) is 5.95 Å². The van der Waals surface area contributed by atoms with E-state index in [4.69, 9.17) is 9.97 Å². The number of allylic oxidation sites excluding steroid dienone is 2. The lowest BCUT2D eigenvalue weighted by atomic mass is 9.82. The van der Waals surface area contributed by atoms with Crippen LogP contribution in [-0.2, 0) is 23.7 Å². The molecule has 0 radical (unpaired) electrons. The molecule has 0 unspecified atom stereocenters. The van der Waals surface area contributed by atoms with Gasteiger partial charge in [-0.2, -0.15) is 0 Å². The van der Waals surface area contributed by atoms with Crippen LogP contribution in [0.3, 0.4) is 0 Å². The predicted octanol–water partition coefficient (Wildman–Crippen LogP) is 23.1. The Hall–Kier alpha value is -11.9. The van der Waals surface area contributed by atoms with Gasteiger partial charge in [0.25, 0.3) is 0 Å². The van der Waals surface area contributed by atoms with Gasteiger partial charge in [0, 0.05) is 88.0 Å². The first-order chi connectivity index (χ1) is 48.1. The zero-order chi connectivity index (χ0) is 64.9. The van der Waals surface area contributed by atoms with Gasteiger partial charge in [-0.05, 0) is 202 Å². The van der Waals surface area contributed by atoms with E-state index in [1.807, 2.05) is 0 Å². The average Bonchev–Trinajstić information content (AvgIpc) is 1.57. The molecule has 0 amide bonds. The molecule has 21 rings (SSSR count). The molecule has 17 aromatic rings. The molecule has 0 saturated heterocycles. The molecule has 0 spiro atoms. The topological polar surface area (TPSA) is 45.5 Å². The fraction of sp³-hybridized carbons (Fsp3) is 0.109. The number of para-hydroxylation sites is 4. The van der Waals surface area contributed by atoms with Crippen LogP contribution in [0.25, 0.3) is 162 Å². The van der Waals surface area contributed by atoms with Crippen LogP contribution in [0.5, 0.6) is 0 Å². The van der Waals surface area contributed by atoms with Gasteiger partial charge in [-0.1, -0.05) is 198 Å². The molecule has 464 valence electrons. The molecule has 0 bridgehead atoms. The van der Waals surface area contributed by atoms with Crippen LogP contribution in [0, 0.1) is 0 Å². The van der Waals surface area contributed by atoms with Crippen molar-refractivity contribution in [3.8, 4) is 67.6 Å². The Balaban J connectivity index is 0.642. The van der Waals surface area contributed by atoms with Crippen molar-refractivity contribution in [1.29, 1.82) is 0 Å². The fourth-order valence-electron chi connectivity index (χ4n) is 18.1. The zero-order valence-corrected chi connectivity index (χ0v) is 55.1. The van der Waals surface area contributed by atoms with Crippen molar-refractivity contribution in [2.45, 2.75) is 64.2 Å². The summed E-state index contributed by atoms with van der Waals surface area (Å²) in [6.07, 6.45) is 10.6. The number of hydrogen-bond acceptors (Lipinski definition) is 2. The second-order valence-electron chi connectivity index (χ2n) is 28.7. The molecule has 12 aromatic carbocycles. The number of aromatic nitrogens is 6. The van der Waals surface area contributed by atoms with Crippen LogP contribution in [0.4, 0.5) is 0 Å². The Labute approximate surface area is 568 Å². The predicted molar refractivity (Wildman–Crippen MR) is 408 cm³/mol. The third kappa shape index (κ3) is 7.80. The maximum atomic E-state index is 5.70. The van der Waals surface area contributed by atoms with Crippen molar-refractivity contribution >= 4 is 94.0 Å². The lowest BCUT2D eigenvalue weighted by molar-refractivity contribution is 0.659. The zero-order valence-electron chi connectivity index (χ0n) is 55.1. The molecule has 0 N–H and O–H groups in total. The molecular weight excluding hydrogens is 1190 g/mol. The summed E-state index contributed by atoms with van der Waals surface area (Å²) in [6, 6.07) is 97.9. The Morgan fingerprint density at radius 1 is 0.327 bits per heavy atom. The summed E-state index contributed by atoms with van der Waals surface area (Å²) in [5.74, 6) is 0.675. The minimum Gasteiger partial charge on any atom is -0.313 e. The normalized spacial score (nSPS) is 14.8. The largest absolute Gasteiger partial charge is 0.313 e. The van der Waals surface area contributed by atoms with E-state index < -0.39 is 0 Å². The Kier molecular flexibility index (Phi) is 11.5. The summed E-state index contributed by atoms with van der Waals surface area (Å²) in [4.78, 5) is 11.2. The molecule has 5 aromatic heterocycles. The number of benzene rings is 12. The van der Waals surface area contributed by atoms with Crippen molar-refractivity contribution in [2.75, 3.05) is 0 Å². The Morgan fingerprint density at radius 3 is 1.40 bits per heavy atom. The highest BCUT2D eigenvalue weighted by molar-refractivity contribution is 6.14. The van der Waals surface area contributed by atoms with Crippen molar-refractivity contribution in [2.24, 2.45) is 0 Å². The highest BCUT2D eigenvalue weighted by Gasteiger charge is 2.38. The lowest BCUT2D eigenvalue weighted by Crippen LogP contribution is -2.15. The fourth-order valence-corrected chi connectivity index (χ4v) is 18.1. The first-order valence-corrected chi connectivity index (χ1v) is 34.7. The van der Waals surface area contributed by atoms with Gasteiger partial charge < -0.3 is 13.7 Å². The minimum atomic E-state index is -0.0928. The van der Waals surface area contributed by atoms with E-state index in [1.54, 1.807) is 0 Å². The van der Waals surface area contributed by atoms with Gasteiger partial charge in [0.1, 0.15) is 0 Å². The lowest BCUT2D eigenvalue weighted by Gasteiger charge is -2.23. The molecule has 5 heterocycles. The van der Waals surface area contributed by atoms with Gasteiger partial charge in [-0.25, -0.2) is 9.97 Å². The van der Waals surface area contributed by atoms with E-state index in [-0.39, 0.29) is 10.8 Å². The Bertz CT molecular complexity index is 6440. The Morgan fingerprint density at radius 2 is 0.796 bits per heavy atom. The number of rotatable bonds is 7. The third-order valence-corrected chi connectivity index (χ3v) is 22.8. The molecule has 0 fully saturated rings. The summed E-state index contributed by atoms with van der Waals surface area (Å²) in [7, 11) is 0. The van der Waals surface area contributed by atoms with E-state index in [0.717, 1.165) is 70.4 Å². The highest BCUT2D eigenvalue weighted by atomic mass is 15.2. The van der Waals surface area contributed by atoms with Crippen molar-refractivity contribution in [3.63, 3.8) is 0 Å². The first kappa shape index (κ1) is 55.4. The summed E-state index contributed by atoms with van der Waals surface area (Å²) >= 11 is 0. The molecule has 4 aliphatic carbocycles. The summed E-state index contributed by atoms with van der Waals surface area (Å²) in [6.45, 7) is 9.48. The quantitative estimate of drug-likeness (QED) is 0.160. The number of nitrogens with zero attached hydrogens (tertiary/aromatic N) is 6. The molecule has 0 aliphatic heterocycles. The van der Waals surface area contributed by atoms with Gasteiger partial charge in [-0.15, -0.1) is 0 Å². The average molecular weight is 1260 g/mol. The smallest absolute Gasteiger partial charge is 0.235 e. The number of hydrogen-bond donors (Lipinski definition) is 0. The molecule has 0 atom stereocenters. The van der Waals surface area contributed by atoms with Gasteiger partial charge in [0.15, 0.2) is 0 Å². The van der Waals surface area contributed by atoms with Crippen LogP contribution < -0.4 is 0 Å². The van der Waals surface area contributed by atoms with E-state index in [9.17, 15) is 0 Å². The summed E-state index contributed by atoms with van der Waals surface area (Å²) < 4.78 is 9.75. The highest BCUT2D eigenvalue weighted by Crippen LogP contribution is 2.52. The summed E-state index contributed by atoms with van der Waals surface area (Å²) in [5.41, 5.74) is 34.3. The van der Waals surface area contributed by atoms with E-state index in [1.165, 1.54) is 149 Å². The van der Waals surface area contributed by atoms with Crippen molar-refractivity contribution in [1.82, 2.24) is 28.2 Å². The molecule has 6 nitrogen and oxygen atoms in total. The maximum absolute atomic E-state index is 5.70. The van der Waals surface area contributed by atoms with Crippen LogP contribution >= 0.6 is 0 Å². The third-order valence-electron chi connectivity index (χ3n) is 22.8. The number of fused-ring (bicyclic) bond motifs is 19. The molecule has 4 aliphatic rings. The first-order valence-electron chi connectivity index (χ1n) is 34.7. The van der Waals surface area contributed by atoms with Gasteiger partial charge in [0.2, 0.25) is 5.95 Å². The van der Waals surface area contributed by atoms with E-state index in [2.05, 4.69) is 325 Å². The van der Waals surface area contributed by atoms with Gasteiger partial charge in [-0.3, -0.25) is 4.57 Å². The second-order valence-corrected chi connectivity index (χ2v) is 28.7. The van der Waals surface area contributed by atoms with Gasteiger partial charge >= 0.3 is 0 Å². The standard InChI is InChI=1S/C92H66N6/c1-91(2)76-29-12-5-22-63(76)65-42-40-61(53-78(65)91)96-82-33-16-9-25-68(82)73-50-56(37-45-86(73)96)55-36-44-85-72(49-55)67-24-8-15-32-81(67)95(85)60-21-19-20-59(48-60)89-71-28-7-14-31-80(71)93-90(94-89)98-84-35-18-11-27-70(84)75-52-58(39-47-88(75)98)57-38-46-87-74(51-57)69-26-10-17-34-83(69)97(87)62-41-43-66-64-23-6-13-30-77(64)92(3,4)79(66)54-62/h5-6,8-27,29-37,39-45,47-54H,7,28,38,46H2,1-4H3. The maximum Gasteiger partial charge on any atom is 0.235 e. The van der Waals surface area contributed by atoms with Gasteiger partial charge in [0.05, 0.1) is 50.0 Å². The van der Waals surface area contributed by atoms with Crippen molar-refractivity contribution < 1.29 is 0 Å². The van der Waals surface area contributed by atoms with Crippen molar-refractivity contribution in [3.05, 3.63) is 317 Å². The van der Waals surface area contributed by atoms with Crippen LogP contribution in [0.1, 0.15) is 90.9 Å².